The first-order chi connectivity index (χ1) is 16.5. The second-order valence-corrected chi connectivity index (χ2v) is 8.70. The molecule has 1 unspecified atom stereocenters. The van der Waals surface area contributed by atoms with Gasteiger partial charge in [0, 0.05) is 35.8 Å². The average Bonchev–Trinajstić information content (AvgIpc) is 3.27. The van der Waals surface area contributed by atoms with E-state index in [0.717, 1.165) is 24.8 Å². The number of nitrogens with one attached hydrogen (secondary N) is 1. The molecule has 1 amide bonds. The van der Waals surface area contributed by atoms with Gasteiger partial charge in [0.05, 0.1) is 30.5 Å². The van der Waals surface area contributed by atoms with Gasteiger partial charge in [-0.15, -0.1) is 0 Å². The monoisotopic (exact) mass is 488 g/mol. The Labute approximate surface area is 198 Å². The summed E-state index contributed by atoms with van der Waals surface area (Å²) in [5.41, 5.74) is 0.259. The first kappa shape index (κ1) is 24.2. The van der Waals surface area contributed by atoms with Crippen molar-refractivity contribution in [2.24, 2.45) is 10.6 Å². The van der Waals surface area contributed by atoms with Crippen LogP contribution in [0.15, 0.2) is 47.9 Å². The molecular weight excluding hydrogens is 465 g/mol. The number of phenolic OH excluding ortho intramolecular Hbond substituents is 1. The summed E-state index contributed by atoms with van der Waals surface area (Å²) in [6.07, 6.45) is -2.44. The number of phenols is 1. The average molecular weight is 488 g/mol. The highest BCUT2D eigenvalue weighted by molar-refractivity contribution is 5.92. The fourth-order valence-corrected chi connectivity index (χ4v) is 3.55. The van der Waals surface area contributed by atoms with Crippen LogP contribution in [-0.4, -0.2) is 46.2 Å². The van der Waals surface area contributed by atoms with Crippen molar-refractivity contribution in [2.45, 2.75) is 39.1 Å². The molecule has 1 aliphatic rings. The number of halogens is 3. The van der Waals surface area contributed by atoms with Crippen molar-refractivity contribution in [1.29, 1.82) is 0 Å². The van der Waals surface area contributed by atoms with E-state index in [1.807, 2.05) is 6.07 Å². The third kappa shape index (κ3) is 4.98. The van der Waals surface area contributed by atoms with Gasteiger partial charge in [0.15, 0.2) is 11.5 Å². The molecule has 1 aromatic carbocycles. The Hall–Kier alpha value is -3.89. The van der Waals surface area contributed by atoms with Crippen LogP contribution in [0.25, 0.3) is 22.2 Å². The van der Waals surface area contributed by atoms with Crippen LogP contribution in [0, 0.1) is 5.41 Å². The molecule has 2 N–H and O–H groups in total. The molecule has 0 aliphatic carbocycles. The molecule has 1 atom stereocenters. The van der Waals surface area contributed by atoms with E-state index in [4.69, 9.17) is 9.57 Å². The van der Waals surface area contributed by atoms with Crippen LogP contribution in [0.1, 0.15) is 25.8 Å². The maximum Gasteiger partial charge on any atom is 0.399 e. The van der Waals surface area contributed by atoms with Gasteiger partial charge in [-0.1, -0.05) is 11.2 Å². The molecule has 0 bridgehead atoms. The minimum atomic E-state index is -4.48. The number of oxime groups is 1. The standard InChI is InChI=1S/C24H23F3N4O4/c1-23(2,24(25,26)27)20-10-22(35-31-20)30-21(33)6-13-4-5-16(28-11-13)15-7-14-8-19(34-3)18(32)9-17(14)29-12-15/h4-5,7-9,11-12,22,32H,6,10H2,1-3H3,(H,30,33). The molecule has 184 valence electrons. The molecule has 0 saturated heterocycles. The molecule has 8 nitrogen and oxygen atoms in total. The Balaban J connectivity index is 1.38. The Kier molecular flexibility index (Phi) is 6.27. The molecule has 0 fully saturated rings. The summed E-state index contributed by atoms with van der Waals surface area (Å²) >= 11 is 0. The highest BCUT2D eigenvalue weighted by Gasteiger charge is 2.53. The Morgan fingerprint density at radius 3 is 2.63 bits per heavy atom. The number of benzene rings is 1. The van der Waals surface area contributed by atoms with E-state index in [9.17, 15) is 23.1 Å². The summed E-state index contributed by atoms with van der Waals surface area (Å²) in [5, 5.41) is 16.7. The zero-order chi connectivity index (χ0) is 25.4. The highest BCUT2D eigenvalue weighted by atomic mass is 19.4. The van der Waals surface area contributed by atoms with E-state index in [1.165, 1.54) is 13.2 Å². The van der Waals surface area contributed by atoms with Crippen LogP contribution < -0.4 is 10.1 Å². The van der Waals surface area contributed by atoms with Gasteiger partial charge in [-0.2, -0.15) is 13.2 Å². The van der Waals surface area contributed by atoms with Crippen molar-refractivity contribution in [2.75, 3.05) is 7.11 Å². The number of hydrogen-bond donors (Lipinski definition) is 2. The number of fused-ring (bicyclic) bond motifs is 1. The van der Waals surface area contributed by atoms with Crippen molar-refractivity contribution in [1.82, 2.24) is 15.3 Å². The Morgan fingerprint density at radius 1 is 1.20 bits per heavy atom. The van der Waals surface area contributed by atoms with E-state index >= 15 is 0 Å². The van der Waals surface area contributed by atoms with Gasteiger partial charge in [0.2, 0.25) is 12.1 Å². The summed E-state index contributed by atoms with van der Waals surface area (Å²) in [6.45, 7) is 2.05. The normalized spacial score (nSPS) is 16.1. The minimum absolute atomic E-state index is 0.00383. The number of hydrogen-bond acceptors (Lipinski definition) is 7. The fraction of sp³-hybridized carbons (Fsp3) is 0.333. The van der Waals surface area contributed by atoms with Crippen molar-refractivity contribution in [3.63, 3.8) is 0 Å². The van der Waals surface area contributed by atoms with Crippen LogP contribution in [-0.2, 0) is 16.1 Å². The van der Waals surface area contributed by atoms with Crippen LogP contribution >= 0.6 is 0 Å². The number of aromatic nitrogens is 2. The van der Waals surface area contributed by atoms with E-state index < -0.39 is 23.7 Å². The molecule has 1 aliphatic heterocycles. The predicted octanol–water partition coefficient (Wildman–Crippen LogP) is 4.36. The number of aromatic hydroxyl groups is 1. The van der Waals surface area contributed by atoms with Crippen molar-refractivity contribution in [3.05, 3.63) is 48.3 Å². The molecule has 3 aromatic rings. The smallest absolute Gasteiger partial charge is 0.399 e. The largest absolute Gasteiger partial charge is 0.504 e. The third-order valence-corrected chi connectivity index (χ3v) is 5.89. The SMILES string of the molecule is COc1cc2cc(-c3ccc(CC(=O)NC4CC(C(C)(C)C(F)(F)F)=NO4)cn3)cnc2cc1O. The second-order valence-electron chi connectivity index (χ2n) is 8.70. The van der Waals surface area contributed by atoms with Crippen LogP contribution in [0.3, 0.4) is 0 Å². The van der Waals surface area contributed by atoms with Gasteiger partial charge < -0.3 is 20.0 Å². The van der Waals surface area contributed by atoms with Gasteiger partial charge >= 0.3 is 6.18 Å². The Bertz CT molecular complexity index is 1290. The van der Waals surface area contributed by atoms with E-state index in [0.29, 0.717) is 22.5 Å². The number of nitrogens with zero attached hydrogens (tertiary/aromatic N) is 3. The quantitative estimate of drug-likeness (QED) is 0.534. The zero-order valence-corrected chi connectivity index (χ0v) is 19.2. The van der Waals surface area contributed by atoms with E-state index in [1.54, 1.807) is 30.6 Å². The maximum atomic E-state index is 13.2. The number of carbonyl (C=O) groups excluding carboxylic acids is 1. The van der Waals surface area contributed by atoms with Crippen molar-refractivity contribution >= 4 is 22.5 Å². The van der Waals surface area contributed by atoms with Gasteiger partial charge in [0.1, 0.15) is 5.41 Å². The summed E-state index contributed by atoms with van der Waals surface area (Å²) in [6, 6.07) is 8.52. The molecule has 0 spiro atoms. The number of alkyl halides is 3. The topological polar surface area (TPSA) is 106 Å². The lowest BCUT2D eigenvalue weighted by Crippen LogP contribution is -2.42. The van der Waals surface area contributed by atoms with Crippen molar-refractivity contribution in [3.8, 4) is 22.8 Å². The summed E-state index contributed by atoms with van der Waals surface area (Å²) in [5.74, 6) is -0.0996. The molecule has 3 heterocycles. The van der Waals surface area contributed by atoms with E-state index in [-0.39, 0.29) is 24.3 Å². The lowest BCUT2D eigenvalue weighted by molar-refractivity contribution is -0.186. The third-order valence-electron chi connectivity index (χ3n) is 5.89. The number of carbonyl (C=O) groups is 1. The summed E-state index contributed by atoms with van der Waals surface area (Å²) in [7, 11) is 1.46. The number of methoxy groups -OCH3 is 1. The number of amides is 1. The molecule has 0 radical (unpaired) electrons. The number of rotatable bonds is 6. The molecular formula is C24H23F3N4O4. The molecule has 0 saturated carbocycles. The maximum absolute atomic E-state index is 13.2. The van der Waals surface area contributed by atoms with Gasteiger partial charge in [0.25, 0.3) is 0 Å². The first-order valence-corrected chi connectivity index (χ1v) is 10.7. The Morgan fingerprint density at radius 2 is 1.97 bits per heavy atom. The van der Waals surface area contributed by atoms with Crippen molar-refractivity contribution < 1.29 is 32.6 Å². The summed E-state index contributed by atoms with van der Waals surface area (Å²) in [4.78, 5) is 26.1. The van der Waals surface area contributed by atoms with Gasteiger partial charge in [-0.05, 0) is 37.6 Å². The van der Waals surface area contributed by atoms with Crippen LogP contribution in [0.4, 0.5) is 13.2 Å². The minimum Gasteiger partial charge on any atom is -0.504 e. The highest BCUT2D eigenvalue weighted by Crippen LogP contribution is 2.41. The first-order valence-electron chi connectivity index (χ1n) is 10.7. The molecule has 2 aromatic heterocycles. The summed E-state index contributed by atoms with van der Waals surface area (Å²) < 4.78 is 44.7. The lowest BCUT2D eigenvalue weighted by Gasteiger charge is -2.26. The second kappa shape index (κ2) is 9.05. The molecule has 35 heavy (non-hydrogen) atoms. The predicted molar refractivity (Wildman–Crippen MR) is 122 cm³/mol. The number of pyridine rings is 2. The van der Waals surface area contributed by atoms with Crippen LogP contribution in [0.5, 0.6) is 11.5 Å². The fourth-order valence-electron chi connectivity index (χ4n) is 3.55. The zero-order valence-electron chi connectivity index (χ0n) is 19.2. The van der Waals surface area contributed by atoms with Gasteiger partial charge in [-0.25, -0.2) is 0 Å². The molecule has 4 rings (SSSR count). The van der Waals surface area contributed by atoms with Gasteiger partial charge in [-0.3, -0.25) is 14.8 Å². The lowest BCUT2D eigenvalue weighted by atomic mass is 9.85. The van der Waals surface area contributed by atoms with Crippen LogP contribution in [0.2, 0.25) is 0 Å². The van der Waals surface area contributed by atoms with E-state index in [2.05, 4.69) is 20.4 Å². The number of ether oxygens (including phenoxy) is 1. The molecule has 11 heteroatoms.